The summed E-state index contributed by atoms with van der Waals surface area (Å²) in [5, 5.41) is 9.35. The molecule has 0 aliphatic carbocycles. The number of aliphatic hydroxyl groups is 1. The highest BCUT2D eigenvalue weighted by atomic mass is 16.6. The van der Waals surface area contributed by atoms with Gasteiger partial charge < -0.3 is 9.84 Å². The zero-order chi connectivity index (χ0) is 16.2. The predicted octanol–water partition coefficient (Wildman–Crippen LogP) is 3.83. The van der Waals surface area contributed by atoms with E-state index >= 15 is 0 Å². The molecule has 1 unspecified atom stereocenters. The van der Waals surface area contributed by atoms with E-state index in [1.807, 2.05) is 0 Å². The molecule has 0 radical (unpaired) electrons. The highest BCUT2D eigenvalue weighted by Crippen LogP contribution is 2.15. The summed E-state index contributed by atoms with van der Waals surface area (Å²) in [6.45, 7) is 2.22. The first-order chi connectivity index (χ1) is 10.6. The first-order valence-corrected chi connectivity index (χ1v) is 8.44. The molecule has 0 aromatic carbocycles. The fourth-order valence-corrected chi connectivity index (χ4v) is 2.43. The molecule has 1 aliphatic rings. The van der Waals surface area contributed by atoms with Crippen LogP contribution in [0.1, 0.15) is 71.1 Å². The van der Waals surface area contributed by atoms with Crippen LogP contribution < -0.4 is 0 Å². The third-order valence-corrected chi connectivity index (χ3v) is 3.79. The highest BCUT2D eigenvalue weighted by Gasteiger charge is 2.21. The second-order valence-corrected chi connectivity index (χ2v) is 5.81. The Balaban J connectivity index is 2.02. The molecule has 0 fully saturated rings. The van der Waals surface area contributed by atoms with Crippen molar-refractivity contribution in [3.63, 3.8) is 0 Å². The average Bonchev–Trinajstić information content (AvgIpc) is 2.81. The van der Waals surface area contributed by atoms with Crippen molar-refractivity contribution >= 4 is 11.8 Å². The second kappa shape index (κ2) is 11.2. The van der Waals surface area contributed by atoms with Crippen LogP contribution in [-0.2, 0) is 14.3 Å². The zero-order valence-corrected chi connectivity index (χ0v) is 13.6. The minimum atomic E-state index is -1.23. The Bertz CT molecular complexity index is 409. The Kier molecular flexibility index (Phi) is 9.47. The summed E-state index contributed by atoms with van der Waals surface area (Å²) in [5.74, 6) is -0.547. The fraction of sp³-hybridized carbons (Fsp3) is 0.667. The Morgan fingerprint density at radius 2 is 1.73 bits per heavy atom. The number of rotatable bonds is 12. The summed E-state index contributed by atoms with van der Waals surface area (Å²) in [6, 6.07) is 0. The standard InChI is InChI=1S/C18H28O4/c1-2-3-4-5-6-7-8-9-10-11-16(19)13-12-15-14-17(20)22-18(15)21/h12-14,18,21H,2-11H2,1H3. The predicted molar refractivity (Wildman–Crippen MR) is 86.2 cm³/mol. The number of ether oxygens (including phenoxy) is 1. The normalized spacial score (nSPS) is 17.8. The third kappa shape index (κ3) is 8.13. The molecule has 22 heavy (non-hydrogen) atoms. The van der Waals surface area contributed by atoms with Gasteiger partial charge in [-0.3, -0.25) is 4.79 Å². The van der Waals surface area contributed by atoms with Crippen LogP contribution in [0.5, 0.6) is 0 Å². The number of allylic oxidation sites excluding steroid dienone is 1. The van der Waals surface area contributed by atoms with Crippen molar-refractivity contribution in [2.45, 2.75) is 77.4 Å². The fourth-order valence-electron chi connectivity index (χ4n) is 2.43. The molecule has 4 heteroatoms. The zero-order valence-electron chi connectivity index (χ0n) is 13.6. The van der Waals surface area contributed by atoms with Crippen molar-refractivity contribution < 1.29 is 19.4 Å². The summed E-state index contributed by atoms with van der Waals surface area (Å²) in [5.41, 5.74) is 0.338. The summed E-state index contributed by atoms with van der Waals surface area (Å²) >= 11 is 0. The van der Waals surface area contributed by atoms with Crippen molar-refractivity contribution in [1.82, 2.24) is 0 Å². The Morgan fingerprint density at radius 1 is 1.14 bits per heavy atom. The topological polar surface area (TPSA) is 63.6 Å². The van der Waals surface area contributed by atoms with Gasteiger partial charge in [0, 0.05) is 18.1 Å². The Morgan fingerprint density at radius 3 is 2.27 bits per heavy atom. The van der Waals surface area contributed by atoms with Crippen LogP contribution in [0.25, 0.3) is 0 Å². The summed E-state index contributed by atoms with van der Waals surface area (Å²) in [4.78, 5) is 22.6. The van der Waals surface area contributed by atoms with Crippen LogP contribution in [-0.4, -0.2) is 23.1 Å². The van der Waals surface area contributed by atoms with Gasteiger partial charge in [-0.15, -0.1) is 0 Å². The number of unbranched alkanes of at least 4 members (excludes halogenated alkanes) is 8. The number of hydrogen-bond acceptors (Lipinski definition) is 4. The maximum absolute atomic E-state index is 11.7. The van der Waals surface area contributed by atoms with E-state index in [2.05, 4.69) is 11.7 Å². The molecule has 1 rings (SSSR count). The van der Waals surface area contributed by atoms with E-state index in [-0.39, 0.29) is 5.78 Å². The van der Waals surface area contributed by atoms with Crippen LogP contribution in [0, 0.1) is 0 Å². The van der Waals surface area contributed by atoms with Crippen molar-refractivity contribution in [2.75, 3.05) is 0 Å². The Labute approximate surface area is 133 Å². The summed E-state index contributed by atoms with van der Waals surface area (Å²) < 4.78 is 4.53. The number of carbonyl (C=O) groups excluding carboxylic acids is 2. The molecule has 0 spiro atoms. The molecule has 0 aromatic heterocycles. The Hall–Kier alpha value is -1.42. The van der Waals surface area contributed by atoms with E-state index in [0.717, 1.165) is 12.8 Å². The third-order valence-electron chi connectivity index (χ3n) is 3.79. The number of aliphatic hydroxyl groups excluding tert-OH is 1. The van der Waals surface area contributed by atoms with E-state index in [1.165, 1.54) is 63.2 Å². The highest BCUT2D eigenvalue weighted by molar-refractivity contribution is 5.91. The van der Waals surface area contributed by atoms with E-state index in [9.17, 15) is 14.7 Å². The molecule has 4 nitrogen and oxygen atoms in total. The number of ketones is 1. The second-order valence-electron chi connectivity index (χ2n) is 5.81. The molecular formula is C18H28O4. The minimum absolute atomic E-state index is 0.0235. The van der Waals surface area contributed by atoms with Gasteiger partial charge in [-0.05, 0) is 18.6 Å². The first kappa shape index (κ1) is 18.6. The van der Waals surface area contributed by atoms with Crippen LogP contribution >= 0.6 is 0 Å². The quantitative estimate of drug-likeness (QED) is 0.338. The molecule has 0 saturated heterocycles. The smallest absolute Gasteiger partial charge is 0.333 e. The monoisotopic (exact) mass is 308 g/mol. The lowest BCUT2D eigenvalue weighted by atomic mass is 10.1. The van der Waals surface area contributed by atoms with E-state index < -0.39 is 12.3 Å². The molecule has 0 amide bonds. The largest absolute Gasteiger partial charge is 0.428 e. The van der Waals surface area contributed by atoms with Gasteiger partial charge >= 0.3 is 5.97 Å². The van der Waals surface area contributed by atoms with Crippen molar-refractivity contribution in [3.05, 3.63) is 23.8 Å². The lowest BCUT2D eigenvalue weighted by molar-refractivity contribution is -0.150. The van der Waals surface area contributed by atoms with Gasteiger partial charge in [0.15, 0.2) is 5.78 Å². The molecule has 1 N–H and O–H groups in total. The molecular weight excluding hydrogens is 280 g/mol. The number of esters is 1. The van der Waals surface area contributed by atoms with Gasteiger partial charge in [0.05, 0.1) is 0 Å². The average molecular weight is 308 g/mol. The van der Waals surface area contributed by atoms with Gasteiger partial charge in [-0.1, -0.05) is 58.3 Å². The minimum Gasteiger partial charge on any atom is -0.428 e. The van der Waals surface area contributed by atoms with Crippen LogP contribution in [0.2, 0.25) is 0 Å². The first-order valence-electron chi connectivity index (χ1n) is 8.44. The van der Waals surface area contributed by atoms with E-state index in [0.29, 0.717) is 12.0 Å². The number of carbonyl (C=O) groups is 2. The van der Waals surface area contributed by atoms with Gasteiger partial charge in [0.25, 0.3) is 0 Å². The SMILES string of the molecule is CCCCCCCCCCCC(=O)C=CC1=CC(=O)OC1O. The molecule has 1 aliphatic heterocycles. The molecule has 1 atom stereocenters. The maximum Gasteiger partial charge on any atom is 0.333 e. The van der Waals surface area contributed by atoms with Crippen molar-refractivity contribution in [1.29, 1.82) is 0 Å². The van der Waals surface area contributed by atoms with Crippen molar-refractivity contribution in [2.24, 2.45) is 0 Å². The molecule has 1 heterocycles. The number of cyclic esters (lactones) is 1. The maximum atomic E-state index is 11.7. The lowest BCUT2D eigenvalue weighted by Gasteiger charge is -2.02. The molecule has 0 saturated carbocycles. The van der Waals surface area contributed by atoms with Gasteiger partial charge in [0.2, 0.25) is 6.29 Å². The van der Waals surface area contributed by atoms with Crippen LogP contribution in [0.4, 0.5) is 0 Å². The van der Waals surface area contributed by atoms with Crippen molar-refractivity contribution in [3.8, 4) is 0 Å². The lowest BCUT2D eigenvalue weighted by Crippen LogP contribution is -2.08. The van der Waals surface area contributed by atoms with E-state index in [4.69, 9.17) is 0 Å². The van der Waals surface area contributed by atoms with Gasteiger partial charge in [-0.25, -0.2) is 4.79 Å². The van der Waals surface area contributed by atoms with E-state index in [1.54, 1.807) is 0 Å². The molecule has 0 bridgehead atoms. The van der Waals surface area contributed by atoms with Crippen LogP contribution in [0.15, 0.2) is 23.8 Å². The summed E-state index contributed by atoms with van der Waals surface area (Å²) in [6.07, 6.45) is 14.4. The molecule has 124 valence electrons. The summed E-state index contributed by atoms with van der Waals surface area (Å²) in [7, 11) is 0. The van der Waals surface area contributed by atoms with Gasteiger partial charge in [-0.2, -0.15) is 0 Å². The molecule has 0 aromatic rings. The number of hydrogen-bond donors (Lipinski definition) is 1. The van der Waals surface area contributed by atoms with Gasteiger partial charge in [0.1, 0.15) is 0 Å². The van der Waals surface area contributed by atoms with Crippen LogP contribution in [0.3, 0.4) is 0 Å².